The number of ether oxygens (including phenoxy) is 1. The SMILES string of the molecule is CONCc1cc(OC)c(O)c(C(=O)O)c1. The third-order valence-corrected chi connectivity index (χ3v) is 2.01. The maximum Gasteiger partial charge on any atom is 0.339 e. The Kier molecular flexibility index (Phi) is 4.10. The highest BCUT2D eigenvalue weighted by Crippen LogP contribution is 2.31. The number of rotatable bonds is 5. The van der Waals surface area contributed by atoms with E-state index < -0.39 is 5.97 Å². The van der Waals surface area contributed by atoms with E-state index in [0.717, 1.165) is 0 Å². The minimum atomic E-state index is -1.21. The van der Waals surface area contributed by atoms with E-state index >= 15 is 0 Å². The fraction of sp³-hybridized carbons (Fsp3) is 0.300. The Balaban J connectivity index is 3.12. The highest BCUT2D eigenvalue weighted by Gasteiger charge is 2.15. The molecule has 0 saturated heterocycles. The van der Waals surface area contributed by atoms with Crippen molar-refractivity contribution in [3.05, 3.63) is 23.3 Å². The molecule has 1 aromatic carbocycles. The van der Waals surface area contributed by atoms with Gasteiger partial charge in [0.1, 0.15) is 5.56 Å². The summed E-state index contributed by atoms with van der Waals surface area (Å²) in [6, 6.07) is 2.89. The molecule has 0 aliphatic rings. The number of carboxylic acid groups (broad SMARTS) is 1. The predicted octanol–water partition coefficient (Wildman–Crippen LogP) is 0.750. The van der Waals surface area contributed by atoms with E-state index in [1.807, 2.05) is 0 Å². The summed E-state index contributed by atoms with van der Waals surface area (Å²) < 4.78 is 4.87. The zero-order chi connectivity index (χ0) is 12.1. The van der Waals surface area contributed by atoms with Crippen LogP contribution in [0, 0.1) is 0 Å². The van der Waals surface area contributed by atoms with Gasteiger partial charge in [0.2, 0.25) is 0 Å². The molecule has 0 heterocycles. The molecule has 0 aliphatic carbocycles. The molecule has 0 unspecified atom stereocenters. The number of aromatic carboxylic acids is 1. The van der Waals surface area contributed by atoms with E-state index in [-0.39, 0.29) is 17.1 Å². The van der Waals surface area contributed by atoms with Gasteiger partial charge in [-0.15, -0.1) is 0 Å². The Labute approximate surface area is 92.4 Å². The first-order chi connectivity index (χ1) is 7.60. The highest BCUT2D eigenvalue weighted by molar-refractivity contribution is 5.92. The third kappa shape index (κ3) is 2.62. The van der Waals surface area contributed by atoms with Gasteiger partial charge in [0.05, 0.1) is 14.2 Å². The molecular formula is C10H13NO5. The van der Waals surface area contributed by atoms with Crippen molar-refractivity contribution in [2.24, 2.45) is 0 Å². The number of methoxy groups -OCH3 is 1. The number of phenols is 1. The maximum atomic E-state index is 10.8. The van der Waals surface area contributed by atoms with Crippen LogP contribution in [0.5, 0.6) is 11.5 Å². The molecule has 6 nitrogen and oxygen atoms in total. The summed E-state index contributed by atoms with van der Waals surface area (Å²) in [6.07, 6.45) is 0. The number of hydrogen-bond donors (Lipinski definition) is 3. The quantitative estimate of drug-likeness (QED) is 0.643. The maximum absolute atomic E-state index is 10.8. The Morgan fingerprint density at radius 1 is 1.44 bits per heavy atom. The lowest BCUT2D eigenvalue weighted by molar-refractivity contribution is 0.0691. The van der Waals surface area contributed by atoms with Crippen LogP contribution >= 0.6 is 0 Å². The second-order valence-corrected chi connectivity index (χ2v) is 3.02. The third-order valence-electron chi connectivity index (χ3n) is 2.01. The van der Waals surface area contributed by atoms with Gasteiger partial charge in [0.25, 0.3) is 0 Å². The molecule has 1 aromatic rings. The van der Waals surface area contributed by atoms with Gasteiger partial charge < -0.3 is 19.8 Å². The van der Waals surface area contributed by atoms with Crippen molar-refractivity contribution in [2.45, 2.75) is 6.54 Å². The molecule has 3 N–H and O–H groups in total. The molecule has 0 spiro atoms. The molecule has 0 saturated carbocycles. The van der Waals surface area contributed by atoms with Crippen LogP contribution in [0.4, 0.5) is 0 Å². The van der Waals surface area contributed by atoms with Crippen LogP contribution in [0.1, 0.15) is 15.9 Å². The van der Waals surface area contributed by atoms with E-state index in [1.54, 1.807) is 0 Å². The Bertz CT molecular complexity index is 391. The summed E-state index contributed by atoms with van der Waals surface area (Å²) in [7, 11) is 2.81. The molecule has 0 aliphatic heterocycles. The first-order valence-electron chi connectivity index (χ1n) is 4.49. The number of carbonyl (C=O) groups is 1. The van der Waals surface area contributed by atoms with Crippen LogP contribution in [-0.4, -0.2) is 30.4 Å². The fourth-order valence-corrected chi connectivity index (χ4v) is 1.24. The van der Waals surface area contributed by atoms with Crippen molar-refractivity contribution in [1.82, 2.24) is 5.48 Å². The minimum absolute atomic E-state index is 0.118. The molecule has 6 heteroatoms. The van der Waals surface area contributed by atoms with E-state index in [4.69, 9.17) is 9.84 Å². The summed E-state index contributed by atoms with van der Waals surface area (Å²) in [5.41, 5.74) is 3.00. The van der Waals surface area contributed by atoms with Gasteiger partial charge in [-0.05, 0) is 17.7 Å². The topological polar surface area (TPSA) is 88.0 Å². The molecule has 0 radical (unpaired) electrons. The number of carboxylic acids is 1. The van der Waals surface area contributed by atoms with Crippen molar-refractivity contribution >= 4 is 5.97 Å². The predicted molar refractivity (Wildman–Crippen MR) is 55.5 cm³/mol. The fourth-order valence-electron chi connectivity index (χ4n) is 1.24. The number of nitrogens with one attached hydrogen (secondary N) is 1. The molecule has 0 atom stereocenters. The Hall–Kier alpha value is -1.79. The standard InChI is InChI=1S/C10H13NO5/c1-15-8-4-6(5-11-16-2)3-7(9(8)12)10(13)14/h3-4,11-12H,5H2,1-2H3,(H,13,14). The second-order valence-electron chi connectivity index (χ2n) is 3.02. The summed E-state index contributed by atoms with van der Waals surface area (Å²) in [5.74, 6) is -1.47. The molecule has 1 rings (SSSR count). The smallest absolute Gasteiger partial charge is 0.339 e. The largest absolute Gasteiger partial charge is 0.504 e. The Morgan fingerprint density at radius 2 is 2.12 bits per heavy atom. The van der Waals surface area contributed by atoms with Gasteiger partial charge in [-0.3, -0.25) is 0 Å². The van der Waals surface area contributed by atoms with Gasteiger partial charge in [-0.1, -0.05) is 0 Å². The normalized spacial score (nSPS) is 10.1. The highest BCUT2D eigenvalue weighted by atomic mass is 16.6. The molecule has 0 bridgehead atoms. The molecular weight excluding hydrogens is 214 g/mol. The van der Waals surface area contributed by atoms with E-state index in [1.165, 1.54) is 26.4 Å². The van der Waals surface area contributed by atoms with Crippen molar-refractivity contribution in [3.8, 4) is 11.5 Å². The first-order valence-corrected chi connectivity index (χ1v) is 4.49. The molecule has 16 heavy (non-hydrogen) atoms. The van der Waals surface area contributed by atoms with Crippen molar-refractivity contribution in [2.75, 3.05) is 14.2 Å². The number of hydrogen-bond acceptors (Lipinski definition) is 5. The average Bonchev–Trinajstić information content (AvgIpc) is 2.27. The van der Waals surface area contributed by atoms with Crippen LogP contribution in [0.25, 0.3) is 0 Å². The number of aromatic hydroxyl groups is 1. The van der Waals surface area contributed by atoms with Crippen LogP contribution in [0.2, 0.25) is 0 Å². The van der Waals surface area contributed by atoms with Gasteiger partial charge >= 0.3 is 5.97 Å². The summed E-state index contributed by atoms with van der Waals surface area (Å²) >= 11 is 0. The molecule has 88 valence electrons. The zero-order valence-corrected chi connectivity index (χ0v) is 8.98. The lowest BCUT2D eigenvalue weighted by atomic mass is 10.1. The minimum Gasteiger partial charge on any atom is -0.504 e. The molecule has 0 amide bonds. The Morgan fingerprint density at radius 3 is 2.62 bits per heavy atom. The summed E-state index contributed by atoms with van der Waals surface area (Å²) in [4.78, 5) is 15.5. The van der Waals surface area contributed by atoms with Crippen molar-refractivity contribution < 1.29 is 24.6 Å². The van der Waals surface area contributed by atoms with Gasteiger partial charge in [0, 0.05) is 6.54 Å². The van der Waals surface area contributed by atoms with Crippen LogP contribution < -0.4 is 10.2 Å². The van der Waals surface area contributed by atoms with Crippen LogP contribution in [-0.2, 0) is 11.4 Å². The van der Waals surface area contributed by atoms with Crippen molar-refractivity contribution in [3.63, 3.8) is 0 Å². The van der Waals surface area contributed by atoms with Crippen LogP contribution in [0.15, 0.2) is 12.1 Å². The average molecular weight is 227 g/mol. The monoisotopic (exact) mass is 227 g/mol. The second kappa shape index (κ2) is 5.34. The zero-order valence-electron chi connectivity index (χ0n) is 8.98. The van der Waals surface area contributed by atoms with Gasteiger partial charge in [0.15, 0.2) is 11.5 Å². The molecule has 0 aromatic heterocycles. The molecule has 0 fully saturated rings. The van der Waals surface area contributed by atoms with E-state index in [9.17, 15) is 9.90 Å². The van der Waals surface area contributed by atoms with Gasteiger partial charge in [-0.25, -0.2) is 4.79 Å². The summed E-state index contributed by atoms with van der Waals surface area (Å²) in [5, 5.41) is 18.4. The summed E-state index contributed by atoms with van der Waals surface area (Å²) in [6.45, 7) is 0.313. The number of benzene rings is 1. The van der Waals surface area contributed by atoms with E-state index in [2.05, 4.69) is 10.3 Å². The van der Waals surface area contributed by atoms with Crippen molar-refractivity contribution in [1.29, 1.82) is 0 Å². The van der Waals surface area contributed by atoms with Gasteiger partial charge in [-0.2, -0.15) is 5.48 Å². The lowest BCUT2D eigenvalue weighted by Crippen LogP contribution is -2.11. The first kappa shape index (κ1) is 12.3. The number of hydroxylamine groups is 1. The lowest BCUT2D eigenvalue weighted by Gasteiger charge is -2.09. The van der Waals surface area contributed by atoms with E-state index in [0.29, 0.717) is 12.1 Å². The van der Waals surface area contributed by atoms with Crippen LogP contribution in [0.3, 0.4) is 0 Å².